The number of hydrogen-bond donors (Lipinski definition) is 1. The number of thiocyanates is 1. The van der Waals surface area contributed by atoms with Crippen LogP contribution in [-0.4, -0.2) is 22.7 Å². The van der Waals surface area contributed by atoms with Crippen LogP contribution in [0.15, 0.2) is 12.0 Å². The van der Waals surface area contributed by atoms with E-state index in [1.807, 2.05) is 5.40 Å². The number of allylic oxidation sites excluding steroid dienone is 1. The number of nitriles is 1. The molecule has 1 rings (SSSR count). The number of ether oxygens (including phenoxy) is 1. The highest BCUT2D eigenvalue weighted by Crippen LogP contribution is 2.26. The van der Waals surface area contributed by atoms with Crippen molar-refractivity contribution >= 4 is 34.6 Å². The second kappa shape index (κ2) is 7.03. The average molecular weight is 284 g/mol. The number of rotatable bonds is 5. The average Bonchev–Trinajstić information content (AvgIpc) is 2.75. The molecule has 0 bridgehead atoms. The Morgan fingerprint density at radius 2 is 2.44 bits per heavy atom. The first-order valence-electron chi connectivity index (χ1n) is 5.13. The number of esters is 1. The number of carbonyl (C=O) groups is 1. The highest BCUT2D eigenvalue weighted by molar-refractivity contribution is 8.03. The summed E-state index contributed by atoms with van der Waals surface area (Å²) in [6, 6.07) is 0. The predicted octanol–water partition coefficient (Wildman–Crippen LogP) is 2.71. The molecule has 7 heteroatoms. The van der Waals surface area contributed by atoms with E-state index in [1.165, 1.54) is 18.3 Å². The summed E-state index contributed by atoms with van der Waals surface area (Å²) in [6.45, 7) is 3.34. The molecule has 0 amide bonds. The second-order valence-electron chi connectivity index (χ2n) is 3.19. The Balaban J connectivity index is 2.95. The van der Waals surface area contributed by atoms with Gasteiger partial charge in [-0.15, -0.1) is 11.3 Å². The van der Waals surface area contributed by atoms with Gasteiger partial charge in [-0.3, -0.25) is 0 Å². The van der Waals surface area contributed by atoms with Gasteiger partial charge in [0.1, 0.15) is 21.7 Å². The van der Waals surface area contributed by atoms with E-state index in [0.717, 1.165) is 16.6 Å². The van der Waals surface area contributed by atoms with Crippen molar-refractivity contribution in [3.05, 3.63) is 21.8 Å². The minimum atomic E-state index is -0.591. The van der Waals surface area contributed by atoms with Gasteiger partial charge in [-0.25, -0.2) is 9.78 Å². The van der Waals surface area contributed by atoms with Crippen molar-refractivity contribution in [2.45, 2.75) is 19.6 Å². The van der Waals surface area contributed by atoms with Gasteiger partial charge in [0.25, 0.3) is 0 Å². The zero-order chi connectivity index (χ0) is 13.5. The maximum absolute atomic E-state index is 11.7. The van der Waals surface area contributed by atoms with Gasteiger partial charge in [-0.2, -0.15) is 5.26 Å². The van der Waals surface area contributed by atoms with Crippen molar-refractivity contribution in [1.29, 1.82) is 5.26 Å². The quantitative estimate of drug-likeness (QED) is 0.387. The molecular weight excluding hydrogens is 272 g/mol. The van der Waals surface area contributed by atoms with Crippen LogP contribution in [0, 0.1) is 10.7 Å². The van der Waals surface area contributed by atoms with Crippen LogP contribution >= 0.6 is 23.1 Å². The van der Waals surface area contributed by atoms with E-state index < -0.39 is 5.97 Å². The molecule has 18 heavy (non-hydrogen) atoms. The molecule has 0 spiro atoms. The molecule has 0 fully saturated rings. The first-order valence-corrected chi connectivity index (χ1v) is 6.93. The molecule has 1 heterocycles. The molecule has 1 N–H and O–H groups in total. The van der Waals surface area contributed by atoms with E-state index in [-0.39, 0.29) is 17.9 Å². The van der Waals surface area contributed by atoms with E-state index in [1.54, 1.807) is 13.1 Å². The zero-order valence-corrected chi connectivity index (χ0v) is 11.6. The van der Waals surface area contributed by atoms with Gasteiger partial charge in [0, 0.05) is 16.8 Å². The third-order valence-electron chi connectivity index (χ3n) is 1.89. The van der Waals surface area contributed by atoms with Gasteiger partial charge in [0.15, 0.2) is 0 Å². The zero-order valence-electron chi connectivity index (χ0n) is 9.97. The van der Waals surface area contributed by atoms with E-state index in [4.69, 9.17) is 10.00 Å². The number of hydrogen-bond acceptors (Lipinski definition) is 7. The molecule has 5 nitrogen and oxygen atoms in total. The summed E-state index contributed by atoms with van der Waals surface area (Å²) in [5.41, 5.74) is 0.0788. The van der Waals surface area contributed by atoms with Crippen molar-refractivity contribution in [3.8, 4) is 5.40 Å². The topological polar surface area (TPSA) is 83.2 Å². The maximum atomic E-state index is 11.7. The molecule has 0 radical (unpaired) electrons. The van der Waals surface area contributed by atoms with Crippen LogP contribution in [0.5, 0.6) is 0 Å². The van der Waals surface area contributed by atoms with Crippen molar-refractivity contribution in [1.82, 2.24) is 4.98 Å². The number of thiazole rings is 1. The molecule has 0 aliphatic rings. The van der Waals surface area contributed by atoms with Gasteiger partial charge >= 0.3 is 5.97 Å². The minimum Gasteiger partial charge on any atom is -0.512 e. The van der Waals surface area contributed by atoms with Gasteiger partial charge in [-0.05, 0) is 25.6 Å². The van der Waals surface area contributed by atoms with Crippen molar-refractivity contribution < 1.29 is 14.6 Å². The number of aliphatic hydroxyl groups is 1. The fourth-order valence-corrected chi connectivity index (χ4v) is 2.67. The van der Waals surface area contributed by atoms with Gasteiger partial charge in [0.2, 0.25) is 0 Å². The van der Waals surface area contributed by atoms with Gasteiger partial charge < -0.3 is 9.84 Å². The summed E-state index contributed by atoms with van der Waals surface area (Å²) in [4.78, 5) is 16.6. The number of carbonyl (C=O) groups excluding carboxylic acids is 1. The van der Waals surface area contributed by atoms with Crippen LogP contribution in [-0.2, 0) is 15.3 Å². The lowest BCUT2D eigenvalue weighted by Gasteiger charge is -2.04. The first kappa shape index (κ1) is 14.5. The summed E-state index contributed by atoms with van der Waals surface area (Å²) >= 11 is 2.36. The normalized spacial score (nSPS) is 11.6. The predicted molar refractivity (Wildman–Crippen MR) is 70.9 cm³/mol. The van der Waals surface area contributed by atoms with E-state index >= 15 is 0 Å². The fourth-order valence-electron chi connectivity index (χ4n) is 1.19. The highest BCUT2D eigenvalue weighted by atomic mass is 32.2. The largest absolute Gasteiger partial charge is 0.512 e. The van der Waals surface area contributed by atoms with Gasteiger partial charge in [-0.1, -0.05) is 0 Å². The third-order valence-corrected chi connectivity index (χ3v) is 3.67. The Bertz CT molecular complexity index is 499. The molecule has 0 aliphatic heterocycles. The van der Waals surface area contributed by atoms with Crippen molar-refractivity contribution in [2.75, 3.05) is 6.61 Å². The summed E-state index contributed by atoms with van der Waals surface area (Å²) in [6.07, 6.45) is 1.59. The Labute approximate surface area is 113 Å². The molecule has 0 aromatic carbocycles. The lowest BCUT2D eigenvalue weighted by molar-refractivity contribution is -0.136. The van der Waals surface area contributed by atoms with Crippen LogP contribution in [0.1, 0.15) is 23.7 Å². The SMILES string of the molecule is CCOC(=O)/C(=C(\C)O)c1ncc(CSC#N)s1. The molecule has 1 aromatic heterocycles. The lowest BCUT2D eigenvalue weighted by Crippen LogP contribution is -2.08. The molecule has 0 aliphatic carbocycles. The standard InChI is InChI=1S/C11H12N2O3S2/c1-3-16-11(15)9(7(2)14)10-13-4-8(18-10)5-17-6-12/h4,14H,3,5H2,1-2H3/b9-7+. The fraction of sp³-hybridized carbons (Fsp3) is 0.364. The number of thioether (sulfide) groups is 1. The Morgan fingerprint density at radius 1 is 1.72 bits per heavy atom. The number of aliphatic hydroxyl groups excluding tert-OH is 1. The van der Waals surface area contributed by atoms with Crippen LogP contribution in [0.4, 0.5) is 0 Å². The summed E-state index contributed by atoms with van der Waals surface area (Å²) < 4.78 is 4.86. The Morgan fingerprint density at radius 3 is 3.00 bits per heavy atom. The lowest BCUT2D eigenvalue weighted by atomic mass is 10.2. The summed E-state index contributed by atoms with van der Waals surface area (Å²) in [7, 11) is 0. The van der Waals surface area contributed by atoms with E-state index in [0.29, 0.717) is 10.8 Å². The van der Waals surface area contributed by atoms with Crippen molar-refractivity contribution in [2.24, 2.45) is 0 Å². The third kappa shape index (κ3) is 3.75. The smallest absolute Gasteiger partial charge is 0.344 e. The second-order valence-corrected chi connectivity index (χ2v) is 5.07. The van der Waals surface area contributed by atoms with E-state index in [2.05, 4.69) is 4.98 Å². The number of nitrogens with zero attached hydrogens (tertiary/aromatic N) is 2. The molecule has 96 valence electrons. The molecule has 1 aromatic rings. The first-order chi connectivity index (χ1) is 8.60. The maximum Gasteiger partial charge on any atom is 0.344 e. The molecule has 0 saturated heterocycles. The van der Waals surface area contributed by atoms with Crippen LogP contribution < -0.4 is 0 Å². The highest BCUT2D eigenvalue weighted by Gasteiger charge is 2.20. The Kier molecular flexibility index (Phi) is 5.68. The van der Waals surface area contributed by atoms with Crippen LogP contribution in [0.3, 0.4) is 0 Å². The Hall–Kier alpha value is -1.52. The van der Waals surface area contributed by atoms with E-state index in [9.17, 15) is 9.90 Å². The minimum absolute atomic E-state index is 0.0788. The monoisotopic (exact) mass is 284 g/mol. The summed E-state index contributed by atoms with van der Waals surface area (Å²) in [5.74, 6) is -0.206. The van der Waals surface area contributed by atoms with Crippen molar-refractivity contribution in [3.63, 3.8) is 0 Å². The molecule has 0 atom stereocenters. The van der Waals surface area contributed by atoms with Crippen LogP contribution in [0.25, 0.3) is 5.57 Å². The molecular formula is C11H12N2O3S2. The molecule has 0 saturated carbocycles. The summed E-state index contributed by atoms with van der Waals surface area (Å²) in [5, 5.41) is 20.4. The molecule has 0 unspecified atom stereocenters. The van der Waals surface area contributed by atoms with Gasteiger partial charge in [0.05, 0.1) is 6.61 Å². The number of aromatic nitrogens is 1. The van der Waals surface area contributed by atoms with Crippen LogP contribution in [0.2, 0.25) is 0 Å².